The van der Waals surface area contributed by atoms with Crippen LogP contribution in [0.15, 0.2) is 22.7 Å². The van der Waals surface area contributed by atoms with E-state index in [1.54, 1.807) is 28.8 Å². The predicted octanol–water partition coefficient (Wildman–Crippen LogP) is 4.48. The van der Waals surface area contributed by atoms with Crippen LogP contribution in [0.2, 0.25) is 0 Å². The number of nitrogens with two attached hydrogens (primary N) is 1. The van der Waals surface area contributed by atoms with Crippen molar-refractivity contribution in [3.63, 3.8) is 0 Å². The number of piperidine rings is 1. The molecule has 4 rings (SSSR count). The summed E-state index contributed by atoms with van der Waals surface area (Å²) >= 11 is 1.71. The molecule has 206 valence electrons. The zero-order valence-electron chi connectivity index (χ0n) is 21.9. The summed E-state index contributed by atoms with van der Waals surface area (Å²) in [5.74, 6) is 3.71. The second-order valence-electron chi connectivity index (χ2n) is 10.2. The molecule has 2 atom stereocenters. The number of aromatic nitrogens is 2. The van der Waals surface area contributed by atoms with Gasteiger partial charge in [-0.1, -0.05) is 32.0 Å². The van der Waals surface area contributed by atoms with Gasteiger partial charge in [0.2, 0.25) is 5.91 Å². The highest BCUT2D eigenvalue weighted by Gasteiger charge is 2.27. The molecule has 0 bridgehead atoms. The molecule has 1 amide bonds. The minimum absolute atomic E-state index is 0. The maximum atomic E-state index is 14.7. The van der Waals surface area contributed by atoms with Crippen molar-refractivity contribution in [1.29, 1.82) is 0 Å². The SMILES string of the molecule is CC(C)c1noc(N2CCC(C(C)CCOc3ccc(C[C@H](N)C(=O)N4CCSC4)c(F)c3)CC2)n1.Cl. The van der Waals surface area contributed by atoms with Gasteiger partial charge in [-0.3, -0.25) is 4.79 Å². The number of thioether (sulfide) groups is 1. The molecule has 0 saturated carbocycles. The fourth-order valence-corrected chi connectivity index (χ4v) is 5.73. The van der Waals surface area contributed by atoms with Crippen LogP contribution < -0.4 is 15.4 Å². The Bertz CT molecular complexity index is 1010. The van der Waals surface area contributed by atoms with Gasteiger partial charge in [0.15, 0.2) is 5.82 Å². The van der Waals surface area contributed by atoms with Gasteiger partial charge in [-0.05, 0) is 49.1 Å². The quantitative estimate of drug-likeness (QED) is 0.458. The van der Waals surface area contributed by atoms with Gasteiger partial charge < -0.3 is 24.8 Å². The lowest BCUT2D eigenvalue weighted by Gasteiger charge is -2.33. The van der Waals surface area contributed by atoms with Gasteiger partial charge in [0, 0.05) is 37.4 Å². The normalized spacial score (nSPS) is 18.1. The van der Waals surface area contributed by atoms with E-state index in [9.17, 15) is 9.18 Å². The average Bonchev–Trinajstić information content (AvgIpc) is 3.58. The van der Waals surface area contributed by atoms with Crippen molar-refractivity contribution >= 4 is 36.1 Å². The first-order valence-corrected chi connectivity index (χ1v) is 14.1. The molecule has 2 fully saturated rings. The van der Waals surface area contributed by atoms with Gasteiger partial charge in [0.25, 0.3) is 0 Å². The number of carbonyl (C=O) groups is 1. The van der Waals surface area contributed by atoms with E-state index in [1.807, 2.05) is 0 Å². The molecule has 1 aromatic carbocycles. The summed E-state index contributed by atoms with van der Waals surface area (Å²) in [5.41, 5.74) is 6.50. The molecule has 1 unspecified atom stereocenters. The average molecular weight is 556 g/mol. The molecule has 2 aliphatic heterocycles. The van der Waals surface area contributed by atoms with Crippen LogP contribution in [0.5, 0.6) is 5.75 Å². The molecule has 2 N–H and O–H groups in total. The standard InChI is InChI=1S/C26H38FN5O3S.ClH/c1-17(2)24-29-26(35-30-24)31-9-6-19(7-10-31)18(3)8-12-34-21-5-4-20(22(27)15-21)14-23(28)25(33)32-11-13-36-16-32;/h4-5,15,17-19,23H,6-14,16,28H2,1-3H3;1H/t18?,23-;/m0./s1. The smallest absolute Gasteiger partial charge is 0.324 e. The van der Waals surface area contributed by atoms with E-state index in [-0.39, 0.29) is 36.5 Å². The Labute approximate surface area is 229 Å². The van der Waals surface area contributed by atoms with Crippen molar-refractivity contribution < 1.29 is 18.4 Å². The highest BCUT2D eigenvalue weighted by Crippen LogP contribution is 2.30. The number of hydrogen-bond acceptors (Lipinski definition) is 8. The van der Waals surface area contributed by atoms with E-state index in [0.717, 1.165) is 43.9 Å². The van der Waals surface area contributed by atoms with E-state index in [1.165, 1.54) is 6.07 Å². The van der Waals surface area contributed by atoms with Crippen LogP contribution in [0.4, 0.5) is 10.4 Å². The fourth-order valence-electron chi connectivity index (χ4n) is 4.78. The second kappa shape index (κ2) is 13.7. The van der Waals surface area contributed by atoms with Crippen LogP contribution in [0.3, 0.4) is 0 Å². The number of benzene rings is 1. The number of rotatable bonds is 10. The Morgan fingerprint density at radius 2 is 2.03 bits per heavy atom. The molecule has 37 heavy (non-hydrogen) atoms. The molecule has 0 aliphatic carbocycles. The lowest BCUT2D eigenvalue weighted by molar-refractivity contribution is -0.131. The lowest BCUT2D eigenvalue weighted by Crippen LogP contribution is -2.43. The number of ether oxygens (including phenoxy) is 1. The van der Waals surface area contributed by atoms with Gasteiger partial charge >= 0.3 is 6.01 Å². The summed E-state index contributed by atoms with van der Waals surface area (Å²) in [6, 6.07) is 4.74. The van der Waals surface area contributed by atoms with Gasteiger partial charge in [-0.15, -0.1) is 24.2 Å². The minimum atomic E-state index is -0.727. The van der Waals surface area contributed by atoms with Crippen LogP contribution in [-0.4, -0.2) is 64.9 Å². The number of carbonyl (C=O) groups excluding carboxylic acids is 1. The summed E-state index contributed by atoms with van der Waals surface area (Å²) in [5, 5.41) is 4.07. The van der Waals surface area contributed by atoms with E-state index in [4.69, 9.17) is 15.0 Å². The third-order valence-corrected chi connectivity index (χ3v) is 8.22. The zero-order chi connectivity index (χ0) is 25.7. The Balaban J connectivity index is 0.00000380. The highest BCUT2D eigenvalue weighted by atomic mass is 35.5. The zero-order valence-corrected chi connectivity index (χ0v) is 23.5. The first kappa shape index (κ1) is 29.5. The Morgan fingerprint density at radius 1 is 1.27 bits per heavy atom. The first-order chi connectivity index (χ1) is 17.3. The van der Waals surface area contributed by atoms with Crippen molar-refractivity contribution in [3.8, 4) is 5.75 Å². The number of anilines is 1. The van der Waals surface area contributed by atoms with Crippen LogP contribution in [0.25, 0.3) is 0 Å². The minimum Gasteiger partial charge on any atom is -0.493 e. The van der Waals surface area contributed by atoms with Crippen molar-refractivity contribution in [1.82, 2.24) is 15.0 Å². The Morgan fingerprint density at radius 3 is 2.65 bits per heavy atom. The van der Waals surface area contributed by atoms with Crippen molar-refractivity contribution in [2.24, 2.45) is 17.6 Å². The van der Waals surface area contributed by atoms with Crippen LogP contribution >= 0.6 is 24.2 Å². The summed E-state index contributed by atoms with van der Waals surface area (Å²) in [4.78, 5) is 20.8. The van der Waals surface area contributed by atoms with Crippen molar-refractivity contribution in [2.75, 3.05) is 42.8 Å². The fraction of sp³-hybridized carbons (Fsp3) is 0.654. The molecule has 2 aliphatic rings. The summed E-state index contributed by atoms with van der Waals surface area (Å²) in [6.07, 6.45) is 3.22. The summed E-state index contributed by atoms with van der Waals surface area (Å²) in [7, 11) is 0. The molecule has 3 heterocycles. The van der Waals surface area contributed by atoms with Gasteiger partial charge in [0.05, 0.1) is 18.5 Å². The third kappa shape index (κ3) is 7.74. The first-order valence-electron chi connectivity index (χ1n) is 12.9. The van der Waals surface area contributed by atoms with Gasteiger partial charge in [-0.25, -0.2) is 4.39 Å². The van der Waals surface area contributed by atoms with E-state index in [0.29, 0.717) is 48.2 Å². The molecular weight excluding hydrogens is 517 g/mol. The molecule has 11 heteroatoms. The molecule has 0 spiro atoms. The van der Waals surface area contributed by atoms with Crippen LogP contribution in [-0.2, 0) is 11.2 Å². The Hall–Kier alpha value is -2.04. The lowest BCUT2D eigenvalue weighted by atomic mass is 9.84. The molecule has 8 nitrogen and oxygen atoms in total. The molecular formula is C26H39ClFN5O3S. The van der Waals surface area contributed by atoms with Gasteiger partial charge in [0.1, 0.15) is 11.6 Å². The topological polar surface area (TPSA) is 97.7 Å². The maximum absolute atomic E-state index is 14.7. The molecule has 1 aromatic heterocycles. The largest absolute Gasteiger partial charge is 0.493 e. The summed E-state index contributed by atoms with van der Waals surface area (Å²) in [6.45, 7) is 9.43. The number of hydrogen-bond donors (Lipinski definition) is 1. The van der Waals surface area contributed by atoms with E-state index in [2.05, 4.69) is 35.8 Å². The highest BCUT2D eigenvalue weighted by molar-refractivity contribution is 7.99. The monoisotopic (exact) mass is 555 g/mol. The third-order valence-electron chi connectivity index (χ3n) is 7.25. The van der Waals surface area contributed by atoms with Crippen LogP contribution in [0, 0.1) is 17.7 Å². The predicted molar refractivity (Wildman–Crippen MR) is 147 cm³/mol. The maximum Gasteiger partial charge on any atom is 0.324 e. The van der Waals surface area contributed by atoms with E-state index < -0.39 is 6.04 Å². The summed E-state index contributed by atoms with van der Waals surface area (Å²) < 4.78 is 26.0. The number of amides is 1. The van der Waals surface area contributed by atoms with Crippen molar-refractivity contribution in [3.05, 3.63) is 35.4 Å². The van der Waals surface area contributed by atoms with Crippen LogP contribution in [0.1, 0.15) is 57.3 Å². The Kier molecular flexibility index (Phi) is 10.9. The molecule has 2 saturated heterocycles. The molecule has 0 radical (unpaired) electrons. The van der Waals surface area contributed by atoms with Gasteiger partial charge in [-0.2, -0.15) is 4.98 Å². The second-order valence-corrected chi connectivity index (χ2v) is 11.3. The number of halogens is 2. The van der Waals surface area contributed by atoms with Crippen molar-refractivity contribution in [2.45, 2.75) is 58.4 Å². The number of nitrogens with zero attached hydrogens (tertiary/aromatic N) is 4. The molecule has 2 aromatic rings. The van der Waals surface area contributed by atoms with E-state index >= 15 is 0 Å².